The highest BCUT2D eigenvalue weighted by Crippen LogP contribution is 2.10. The first kappa shape index (κ1) is 8.93. The first-order valence-electron chi connectivity index (χ1n) is 3.55. The minimum Gasteiger partial charge on any atom is -0.348 e. The van der Waals surface area contributed by atoms with Crippen LogP contribution in [0.3, 0.4) is 0 Å². The molecule has 0 aliphatic heterocycles. The lowest BCUT2D eigenvalue weighted by Crippen LogP contribution is -2.22. The molecule has 0 aliphatic carbocycles. The molecule has 0 aliphatic rings. The standard InChI is InChI=1S/C8H10N2OS/c1-3-4-9-8(11)7-6(2)10-5-12-7/h3,5H,1,4H2,2H3,(H,9,11). The molecule has 1 rings (SSSR count). The molecular weight excluding hydrogens is 172 g/mol. The van der Waals surface area contributed by atoms with Gasteiger partial charge in [0.25, 0.3) is 5.91 Å². The monoisotopic (exact) mass is 182 g/mol. The van der Waals surface area contributed by atoms with Gasteiger partial charge >= 0.3 is 0 Å². The van der Waals surface area contributed by atoms with Gasteiger partial charge in [-0.2, -0.15) is 0 Å². The van der Waals surface area contributed by atoms with Crippen LogP contribution in [0.15, 0.2) is 18.2 Å². The molecule has 0 radical (unpaired) electrons. The van der Waals surface area contributed by atoms with Gasteiger partial charge in [-0.3, -0.25) is 4.79 Å². The molecule has 0 atom stereocenters. The lowest BCUT2D eigenvalue weighted by Gasteiger charge is -1.98. The molecule has 0 aromatic carbocycles. The van der Waals surface area contributed by atoms with E-state index in [1.807, 2.05) is 6.92 Å². The number of hydrogen-bond acceptors (Lipinski definition) is 3. The van der Waals surface area contributed by atoms with Crippen molar-refractivity contribution >= 4 is 17.2 Å². The first-order valence-corrected chi connectivity index (χ1v) is 4.43. The van der Waals surface area contributed by atoms with Gasteiger partial charge < -0.3 is 5.32 Å². The molecule has 1 heterocycles. The largest absolute Gasteiger partial charge is 0.348 e. The number of amides is 1. The number of nitrogens with one attached hydrogen (secondary N) is 1. The van der Waals surface area contributed by atoms with Crippen LogP contribution in [-0.2, 0) is 0 Å². The molecule has 12 heavy (non-hydrogen) atoms. The van der Waals surface area contributed by atoms with Crippen molar-refractivity contribution in [3.05, 3.63) is 28.7 Å². The number of rotatable bonds is 3. The van der Waals surface area contributed by atoms with Gasteiger partial charge in [-0.1, -0.05) is 6.08 Å². The molecular formula is C8H10N2OS. The van der Waals surface area contributed by atoms with E-state index in [1.54, 1.807) is 11.6 Å². The van der Waals surface area contributed by atoms with Crippen LogP contribution < -0.4 is 5.32 Å². The van der Waals surface area contributed by atoms with Crippen LogP contribution >= 0.6 is 11.3 Å². The fraction of sp³-hybridized carbons (Fsp3) is 0.250. The molecule has 0 fully saturated rings. The lowest BCUT2D eigenvalue weighted by molar-refractivity contribution is 0.0961. The molecule has 64 valence electrons. The van der Waals surface area contributed by atoms with Crippen LogP contribution in [0.2, 0.25) is 0 Å². The van der Waals surface area contributed by atoms with Gasteiger partial charge in [-0.05, 0) is 6.92 Å². The summed E-state index contributed by atoms with van der Waals surface area (Å²) in [6, 6.07) is 0. The summed E-state index contributed by atoms with van der Waals surface area (Å²) in [6.07, 6.45) is 1.65. The summed E-state index contributed by atoms with van der Waals surface area (Å²) in [5.41, 5.74) is 2.44. The van der Waals surface area contributed by atoms with E-state index in [0.717, 1.165) is 5.69 Å². The van der Waals surface area contributed by atoms with Crippen LogP contribution in [0.25, 0.3) is 0 Å². The summed E-state index contributed by atoms with van der Waals surface area (Å²) in [5, 5.41) is 2.69. The first-order chi connectivity index (χ1) is 5.75. The smallest absolute Gasteiger partial charge is 0.263 e. The fourth-order valence-electron chi connectivity index (χ4n) is 0.765. The topological polar surface area (TPSA) is 42.0 Å². The van der Waals surface area contributed by atoms with Crippen molar-refractivity contribution in [3.8, 4) is 0 Å². The Balaban J connectivity index is 2.65. The molecule has 1 aromatic heterocycles. The number of hydrogen-bond donors (Lipinski definition) is 1. The SMILES string of the molecule is C=CCNC(=O)c1scnc1C. The van der Waals surface area contributed by atoms with Crippen molar-refractivity contribution in [2.75, 3.05) is 6.54 Å². The molecule has 0 unspecified atom stereocenters. The van der Waals surface area contributed by atoms with Crippen molar-refractivity contribution in [2.45, 2.75) is 6.92 Å². The van der Waals surface area contributed by atoms with E-state index in [-0.39, 0.29) is 5.91 Å². The van der Waals surface area contributed by atoms with Crippen molar-refractivity contribution in [1.82, 2.24) is 10.3 Å². The quantitative estimate of drug-likeness (QED) is 0.717. The van der Waals surface area contributed by atoms with Crippen molar-refractivity contribution < 1.29 is 4.79 Å². The average Bonchev–Trinajstić information content (AvgIpc) is 2.47. The Kier molecular flexibility index (Phi) is 2.99. The predicted molar refractivity (Wildman–Crippen MR) is 49.4 cm³/mol. The Morgan fingerprint density at radius 1 is 1.92 bits per heavy atom. The van der Waals surface area contributed by atoms with E-state index in [4.69, 9.17) is 0 Å². The third-order valence-electron chi connectivity index (χ3n) is 1.36. The second kappa shape index (κ2) is 4.01. The number of aryl methyl sites for hydroxylation is 1. The maximum atomic E-state index is 11.3. The molecule has 0 spiro atoms. The Hall–Kier alpha value is -1.16. The van der Waals surface area contributed by atoms with Crippen LogP contribution in [-0.4, -0.2) is 17.4 Å². The summed E-state index contributed by atoms with van der Waals surface area (Å²) in [7, 11) is 0. The van der Waals surface area contributed by atoms with E-state index in [2.05, 4.69) is 16.9 Å². The summed E-state index contributed by atoms with van der Waals surface area (Å²) in [5.74, 6) is -0.0742. The van der Waals surface area contributed by atoms with E-state index in [1.165, 1.54) is 11.3 Å². The van der Waals surface area contributed by atoms with E-state index < -0.39 is 0 Å². The van der Waals surface area contributed by atoms with Gasteiger partial charge in [-0.25, -0.2) is 4.98 Å². The summed E-state index contributed by atoms with van der Waals surface area (Å²) < 4.78 is 0. The molecule has 0 saturated heterocycles. The highest BCUT2D eigenvalue weighted by atomic mass is 32.1. The van der Waals surface area contributed by atoms with Gasteiger partial charge in [0.1, 0.15) is 4.88 Å². The maximum absolute atomic E-state index is 11.3. The van der Waals surface area contributed by atoms with Crippen molar-refractivity contribution in [3.63, 3.8) is 0 Å². The molecule has 3 nitrogen and oxygen atoms in total. The van der Waals surface area contributed by atoms with Crippen molar-refractivity contribution in [2.24, 2.45) is 0 Å². The zero-order valence-electron chi connectivity index (χ0n) is 6.83. The number of nitrogens with zero attached hydrogens (tertiary/aromatic N) is 1. The molecule has 0 saturated carbocycles. The van der Waals surface area contributed by atoms with E-state index in [9.17, 15) is 4.79 Å². The number of carbonyl (C=O) groups excluding carboxylic acids is 1. The second-order valence-corrected chi connectivity index (χ2v) is 3.12. The zero-order chi connectivity index (χ0) is 8.97. The van der Waals surface area contributed by atoms with Crippen LogP contribution in [0.5, 0.6) is 0 Å². The Morgan fingerprint density at radius 3 is 3.17 bits per heavy atom. The molecule has 0 bridgehead atoms. The maximum Gasteiger partial charge on any atom is 0.263 e. The average molecular weight is 182 g/mol. The van der Waals surface area contributed by atoms with Gasteiger partial charge in [0.15, 0.2) is 0 Å². The zero-order valence-corrected chi connectivity index (χ0v) is 7.65. The van der Waals surface area contributed by atoms with Gasteiger partial charge in [0.05, 0.1) is 11.2 Å². The minimum absolute atomic E-state index is 0.0742. The predicted octanol–water partition coefficient (Wildman–Crippen LogP) is 1.37. The third kappa shape index (κ3) is 1.92. The normalized spacial score (nSPS) is 9.42. The van der Waals surface area contributed by atoms with Gasteiger partial charge in [-0.15, -0.1) is 17.9 Å². The summed E-state index contributed by atoms with van der Waals surface area (Å²) in [4.78, 5) is 16.0. The minimum atomic E-state index is -0.0742. The van der Waals surface area contributed by atoms with Gasteiger partial charge in [0, 0.05) is 6.54 Å². The lowest BCUT2D eigenvalue weighted by atomic mass is 10.4. The number of thiazole rings is 1. The second-order valence-electron chi connectivity index (χ2n) is 2.27. The van der Waals surface area contributed by atoms with Gasteiger partial charge in [0.2, 0.25) is 0 Å². The third-order valence-corrected chi connectivity index (χ3v) is 2.29. The van der Waals surface area contributed by atoms with Crippen molar-refractivity contribution in [1.29, 1.82) is 0 Å². The van der Waals surface area contributed by atoms with Crippen LogP contribution in [0.1, 0.15) is 15.4 Å². The molecule has 1 amide bonds. The molecule has 1 aromatic rings. The Labute approximate surface area is 75.1 Å². The van der Waals surface area contributed by atoms with Crippen LogP contribution in [0, 0.1) is 6.92 Å². The van der Waals surface area contributed by atoms with E-state index in [0.29, 0.717) is 11.4 Å². The molecule has 1 N–H and O–H groups in total. The fourth-order valence-corrected chi connectivity index (χ4v) is 1.48. The van der Waals surface area contributed by atoms with Crippen LogP contribution in [0.4, 0.5) is 0 Å². The Bertz CT molecular complexity index is 293. The summed E-state index contributed by atoms with van der Waals surface area (Å²) in [6.45, 7) is 5.82. The molecule has 4 heteroatoms. The summed E-state index contributed by atoms with van der Waals surface area (Å²) >= 11 is 1.35. The Morgan fingerprint density at radius 2 is 2.67 bits per heavy atom. The highest BCUT2D eigenvalue weighted by molar-refractivity contribution is 7.11. The van der Waals surface area contributed by atoms with E-state index >= 15 is 0 Å². The number of aromatic nitrogens is 1. The number of carbonyl (C=O) groups is 1. The highest BCUT2D eigenvalue weighted by Gasteiger charge is 2.09.